The van der Waals surface area contributed by atoms with Gasteiger partial charge in [-0.25, -0.2) is 6.57 Å². The average molecular weight is 551 g/mol. The van der Waals surface area contributed by atoms with Crippen LogP contribution in [0.5, 0.6) is 0 Å². The Balaban J connectivity index is 1.26. The van der Waals surface area contributed by atoms with E-state index in [1.807, 2.05) is 24.3 Å². The van der Waals surface area contributed by atoms with Crippen LogP contribution in [0, 0.1) is 12.5 Å². The molecule has 0 spiro atoms. The molecule has 2 heterocycles. The molecule has 2 aliphatic rings. The summed E-state index contributed by atoms with van der Waals surface area (Å²) in [5.41, 5.74) is 6.60. The van der Waals surface area contributed by atoms with Gasteiger partial charge in [0.25, 0.3) is 5.91 Å². The van der Waals surface area contributed by atoms with Crippen molar-refractivity contribution in [1.29, 1.82) is 0 Å². The Morgan fingerprint density at radius 1 is 1.10 bits per heavy atom. The van der Waals surface area contributed by atoms with Crippen molar-refractivity contribution in [3.8, 4) is 11.1 Å². The maximum atomic E-state index is 13.1. The lowest BCUT2D eigenvalue weighted by Crippen LogP contribution is -2.47. The van der Waals surface area contributed by atoms with E-state index in [-0.39, 0.29) is 29.8 Å². The highest BCUT2D eigenvalue weighted by atomic mass is 19.4. The number of carbonyl (C=O) groups excluding carboxylic acids is 2. The van der Waals surface area contributed by atoms with Crippen LogP contribution in [0.25, 0.3) is 16.0 Å². The summed E-state index contributed by atoms with van der Waals surface area (Å²) in [6.45, 7) is 9.70. The first-order valence-corrected chi connectivity index (χ1v) is 13.1. The third-order valence-corrected chi connectivity index (χ3v) is 7.70. The summed E-state index contributed by atoms with van der Waals surface area (Å²) >= 11 is 0. The molecule has 2 fully saturated rings. The molecule has 1 aliphatic heterocycles. The number of nitrogens with two attached hydrogens (primary N) is 1. The number of hydrogen-bond acceptors (Lipinski definition) is 4. The number of nitrogens with zero attached hydrogens (tertiary/aromatic N) is 4. The molecule has 2 aromatic carbocycles. The van der Waals surface area contributed by atoms with Crippen LogP contribution in [0.1, 0.15) is 47.2 Å². The molecule has 40 heavy (non-hydrogen) atoms. The van der Waals surface area contributed by atoms with Gasteiger partial charge in [-0.2, -0.15) is 18.3 Å². The van der Waals surface area contributed by atoms with Gasteiger partial charge in [-0.05, 0) is 54.5 Å². The number of carbonyl (C=O) groups is 2. The number of aromatic nitrogens is 2. The molecular formula is C29H29F3N6O2. The van der Waals surface area contributed by atoms with Crippen molar-refractivity contribution in [3.05, 3.63) is 82.8 Å². The van der Waals surface area contributed by atoms with Crippen LogP contribution in [0.3, 0.4) is 0 Å². The average Bonchev–Trinajstić information content (AvgIpc) is 3.70. The molecule has 8 nitrogen and oxygen atoms in total. The highest BCUT2D eigenvalue weighted by molar-refractivity contribution is 6.02. The summed E-state index contributed by atoms with van der Waals surface area (Å²) in [6.07, 6.45) is -0.0242. The number of likely N-dealkylation sites (tertiary alicyclic amines) is 1. The van der Waals surface area contributed by atoms with Gasteiger partial charge in [0.15, 0.2) is 5.82 Å². The van der Waals surface area contributed by atoms with E-state index < -0.39 is 23.2 Å². The van der Waals surface area contributed by atoms with E-state index in [4.69, 9.17) is 12.3 Å². The van der Waals surface area contributed by atoms with Crippen LogP contribution in [0.2, 0.25) is 0 Å². The summed E-state index contributed by atoms with van der Waals surface area (Å²) in [4.78, 5) is 30.3. The fourth-order valence-electron chi connectivity index (χ4n) is 5.12. The highest BCUT2D eigenvalue weighted by Crippen LogP contribution is 2.35. The van der Waals surface area contributed by atoms with Gasteiger partial charge in [-0.1, -0.05) is 36.4 Å². The summed E-state index contributed by atoms with van der Waals surface area (Å²) in [6, 6.07) is 12.8. The van der Waals surface area contributed by atoms with Crippen LogP contribution in [-0.4, -0.2) is 46.1 Å². The molecule has 0 unspecified atom stereocenters. The molecule has 3 N–H and O–H groups in total. The zero-order valence-electron chi connectivity index (χ0n) is 21.7. The maximum absolute atomic E-state index is 13.1. The first-order chi connectivity index (χ1) is 19.1. The predicted octanol–water partition coefficient (Wildman–Crippen LogP) is 4.93. The third kappa shape index (κ3) is 5.87. The number of hydrogen-bond donors (Lipinski definition) is 2. The molecule has 1 aromatic heterocycles. The van der Waals surface area contributed by atoms with E-state index in [1.54, 1.807) is 10.7 Å². The minimum absolute atomic E-state index is 0.0644. The highest BCUT2D eigenvalue weighted by Gasteiger charge is 2.41. The number of amides is 2. The number of rotatable bonds is 8. The van der Waals surface area contributed by atoms with Crippen LogP contribution in [-0.2, 0) is 23.1 Å². The lowest BCUT2D eigenvalue weighted by atomic mass is 9.87. The van der Waals surface area contributed by atoms with Crippen molar-refractivity contribution in [3.63, 3.8) is 0 Å². The molecule has 5 rings (SSSR count). The smallest absolute Gasteiger partial charge is 0.365 e. The first-order valence-electron chi connectivity index (χ1n) is 13.1. The van der Waals surface area contributed by atoms with Crippen LogP contribution < -0.4 is 11.1 Å². The van der Waals surface area contributed by atoms with E-state index in [2.05, 4.69) is 20.2 Å². The number of piperidine rings is 1. The van der Waals surface area contributed by atoms with Gasteiger partial charge < -0.3 is 15.9 Å². The lowest BCUT2D eigenvalue weighted by Gasteiger charge is -2.38. The van der Waals surface area contributed by atoms with Crippen LogP contribution >= 0.6 is 0 Å². The van der Waals surface area contributed by atoms with Gasteiger partial charge in [0.05, 0.1) is 5.56 Å². The number of primary amides is 1. The Labute approximate surface area is 229 Å². The van der Waals surface area contributed by atoms with E-state index in [0.29, 0.717) is 43.6 Å². The van der Waals surface area contributed by atoms with E-state index >= 15 is 0 Å². The quantitative estimate of drug-likeness (QED) is 0.389. The Morgan fingerprint density at radius 2 is 1.80 bits per heavy atom. The van der Waals surface area contributed by atoms with E-state index in [0.717, 1.165) is 30.5 Å². The Bertz CT molecular complexity index is 1450. The van der Waals surface area contributed by atoms with Crippen molar-refractivity contribution < 1.29 is 22.8 Å². The lowest BCUT2D eigenvalue weighted by molar-refractivity contribution is -0.137. The van der Waals surface area contributed by atoms with Gasteiger partial charge >= 0.3 is 6.18 Å². The van der Waals surface area contributed by atoms with Crippen molar-refractivity contribution in [2.75, 3.05) is 25.0 Å². The molecule has 1 saturated carbocycles. The standard InChI is InChI=1S/C29H29F3N6O2/c1-34-18-28(38-17-24(25(33)39)26(36-38)35-27(40)21-9-10-21)11-13-37(14-12-28)16-19-5-7-20(8-6-19)22-3-2-4-23(15-22)29(30,31)32/h2-8,15,17,21H,9-14,16,18H2,(H2,33,39)(H,35,36,40). The molecule has 0 bridgehead atoms. The van der Waals surface area contributed by atoms with E-state index in [9.17, 15) is 22.8 Å². The van der Waals surface area contributed by atoms with Crippen molar-refractivity contribution >= 4 is 17.6 Å². The molecule has 208 valence electrons. The first kappa shape index (κ1) is 27.4. The third-order valence-electron chi connectivity index (χ3n) is 7.70. The molecule has 1 saturated heterocycles. The Kier molecular flexibility index (Phi) is 7.38. The molecule has 0 atom stereocenters. The number of halogens is 3. The number of alkyl halides is 3. The topological polar surface area (TPSA) is 97.6 Å². The van der Waals surface area contributed by atoms with Crippen molar-refractivity contribution in [2.45, 2.75) is 43.9 Å². The summed E-state index contributed by atoms with van der Waals surface area (Å²) in [5, 5.41) is 7.24. The normalized spacial score (nSPS) is 17.2. The van der Waals surface area contributed by atoms with Crippen molar-refractivity contribution in [1.82, 2.24) is 14.7 Å². The number of anilines is 1. The van der Waals surface area contributed by atoms with Gasteiger partial charge in [0.2, 0.25) is 12.5 Å². The van der Waals surface area contributed by atoms with Gasteiger partial charge in [0, 0.05) is 31.7 Å². The fourth-order valence-corrected chi connectivity index (χ4v) is 5.12. The SMILES string of the molecule is [C-]#[N+]CC1(n2cc(C(N)=O)c(NC(=O)C3CC3)n2)CCN(Cc2ccc(-c3cccc(C(F)(F)F)c3)cc2)CC1. The second-order valence-electron chi connectivity index (χ2n) is 10.6. The van der Waals surface area contributed by atoms with Crippen LogP contribution in [0.15, 0.2) is 54.7 Å². The molecule has 11 heteroatoms. The molecule has 3 aromatic rings. The molecule has 1 aliphatic carbocycles. The number of nitrogens with one attached hydrogen (secondary N) is 1. The Morgan fingerprint density at radius 3 is 2.40 bits per heavy atom. The summed E-state index contributed by atoms with van der Waals surface area (Å²) < 4.78 is 40.9. The summed E-state index contributed by atoms with van der Waals surface area (Å²) in [5.74, 6) is -0.801. The second-order valence-corrected chi connectivity index (χ2v) is 10.6. The Hall–Kier alpha value is -4.17. The van der Waals surface area contributed by atoms with Crippen LogP contribution in [0.4, 0.5) is 19.0 Å². The second kappa shape index (κ2) is 10.8. The largest absolute Gasteiger partial charge is 0.416 e. The fraction of sp³-hybridized carbons (Fsp3) is 0.379. The number of benzene rings is 2. The molecule has 2 amide bonds. The molecule has 0 radical (unpaired) electrons. The zero-order valence-corrected chi connectivity index (χ0v) is 21.7. The summed E-state index contributed by atoms with van der Waals surface area (Å²) in [7, 11) is 0. The minimum Gasteiger partial charge on any atom is -0.365 e. The van der Waals surface area contributed by atoms with Gasteiger partial charge in [-0.15, -0.1) is 0 Å². The minimum atomic E-state index is -4.39. The zero-order chi connectivity index (χ0) is 28.5. The molecular weight excluding hydrogens is 521 g/mol. The monoisotopic (exact) mass is 550 g/mol. The van der Waals surface area contributed by atoms with Gasteiger partial charge in [0.1, 0.15) is 11.1 Å². The maximum Gasteiger partial charge on any atom is 0.416 e. The van der Waals surface area contributed by atoms with E-state index in [1.165, 1.54) is 12.3 Å². The predicted molar refractivity (Wildman–Crippen MR) is 143 cm³/mol. The van der Waals surface area contributed by atoms with Crippen molar-refractivity contribution in [2.24, 2.45) is 11.7 Å². The van der Waals surface area contributed by atoms with Gasteiger partial charge in [-0.3, -0.25) is 19.2 Å².